The van der Waals surface area contributed by atoms with Crippen molar-refractivity contribution >= 4 is 29.1 Å². The summed E-state index contributed by atoms with van der Waals surface area (Å²) in [5.41, 5.74) is 2.44. The lowest BCUT2D eigenvalue weighted by Crippen LogP contribution is -2.20. The van der Waals surface area contributed by atoms with Crippen molar-refractivity contribution in [2.24, 2.45) is 5.92 Å². The maximum absolute atomic E-state index is 11.9. The van der Waals surface area contributed by atoms with Crippen LogP contribution in [0.4, 0.5) is 16.3 Å². The molecule has 2 amide bonds. The molecule has 7 heteroatoms. The molecule has 0 fully saturated rings. The smallest absolute Gasteiger partial charge is 0.307 e. The van der Waals surface area contributed by atoms with Gasteiger partial charge in [0.25, 0.3) is 0 Å². The summed E-state index contributed by atoms with van der Waals surface area (Å²) in [4.78, 5) is 15.9. The highest BCUT2D eigenvalue weighted by molar-refractivity contribution is 6.29. The molecule has 2 aromatic heterocycles. The van der Waals surface area contributed by atoms with Gasteiger partial charge < -0.3 is 5.32 Å². The number of anilines is 2. The van der Waals surface area contributed by atoms with E-state index in [0.717, 1.165) is 17.7 Å². The molecule has 0 aliphatic carbocycles. The van der Waals surface area contributed by atoms with Gasteiger partial charge >= 0.3 is 6.03 Å². The normalized spacial score (nSPS) is 10.7. The van der Waals surface area contributed by atoms with E-state index in [1.165, 1.54) is 0 Å². The molecule has 112 valence electrons. The molecule has 0 bridgehead atoms. The number of H-pyrrole nitrogens is 1. The number of halogens is 1. The van der Waals surface area contributed by atoms with Gasteiger partial charge in [0.1, 0.15) is 5.15 Å². The Morgan fingerprint density at radius 1 is 1.38 bits per heavy atom. The zero-order valence-electron chi connectivity index (χ0n) is 12.2. The van der Waals surface area contributed by atoms with Crippen molar-refractivity contribution < 1.29 is 4.79 Å². The standard InChI is InChI=1S/C14H18ClN5O/c1-8(2)4-10-5-13(20-19-10)18-14(21)17-11-6-12(15)16-7-9(11)3/h5-8H,4H2,1-3H3,(H3,16,17,18,19,20,21). The van der Waals surface area contributed by atoms with Crippen LogP contribution in [0.25, 0.3) is 0 Å². The van der Waals surface area contributed by atoms with Crippen LogP contribution in [0.5, 0.6) is 0 Å². The maximum Gasteiger partial charge on any atom is 0.324 e. The number of carbonyl (C=O) groups is 1. The van der Waals surface area contributed by atoms with E-state index in [0.29, 0.717) is 22.6 Å². The van der Waals surface area contributed by atoms with Crippen LogP contribution in [-0.2, 0) is 6.42 Å². The summed E-state index contributed by atoms with van der Waals surface area (Å²) >= 11 is 5.81. The molecule has 0 aromatic carbocycles. The van der Waals surface area contributed by atoms with E-state index in [1.807, 2.05) is 13.0 Å². The Balaban J connectivity index is 1.98. The largest absolute Gasteiger partial charge is 0.324 e. The Kier molecular flexibility index (Phi) is 4.80. The number of aromatic amines is 1. The fourth-order valence-electron chi connectivity index (χ4n) is 1.87. The minimum Gasteiger partial charge on any atom is -0.307 e. The monoisotopic (exact) mass is 307 g/mol. The zero-order valence-corrected chi connectivity index (χ0v) is 13.0. The molecule has 2 rings (SSSR count). The number of carbonyl (C=O) groups excluding carboxylic acids is 1. The number of nitrogens with one attached hydrogen (secondary N) is 3. The third kappa shape index (κ3) is 4.46. The highest BCUT2D eigenvalue weighted by atomic mass is 35.5. The SMILES string of the molecule is Cc1cnc(Cl)cc1NC(=O)Nc1cc(CC(C)C)[nH]n1. The van der Waals surface area contributed by atoms with Crippen LogP contribution in [0.2, 0.25) is 5.15 Å². The second-order valence-corrected chi connectivity index (χ2v) is 5.66. The minimum atomic E-state index is -0.372. The fourth-order valence-corrected chi connectivity index (χ4v) is 2.03. The van der Waals surface area contributed by atoms with Crippen molar-refractivity contribution in [1.29, 1.82) is 0 Å². The van der Waals surface area contributed by atoms with Crippen LogP contribution in [0.3, 0.4) is 0 Å². The maximum atomic E-state index is 11.9. The van der Waals surface area contributed by atoms with Crippen LogP contribution in [0.15, 0.2) is 18.3 Å². The van der Waals surface area contributed by atoms with Gasteiger partial charge in [0.05, 0.1) is 0 Å². The summed E-state index contributed by atoms with van der Waals surface area (Å²) in [6, 6.07) is 3.06. The molecule has 0 spiro atoms. The molecular weight excluding hydrogens is 290 g/mol. The Hall–Kier alpha value is -2.08. The predicted molar refractivity (Wildman–Crippen MR) is 83.8 cm³/mol. The molecule has 0 aliphatic heterocycles. The van der Waals surface area contributed by atoms with E-state index in [4.69, 9.17) is 11.6 Å². The molecule has 0 aliphatic rings. The van der Waals surface area contributed by atoms with Gasteiger partial charge in [0, 0.05) is 23.6 Å². The lowest BCUT2D eigenvalue weighted by molar-refractivity contribution is 0.262. The molecule has 0 atom stereocenters. The quantitative estimate of drug-likeness (QED) is 0.755. The molecule has 0 unspecified atom stereocenters. The third-order valence-corrected chi connectivity index (χ3v) is 3.03. The van der Waals surface area contributed by atoms with Crippen molar-refractivity contribution in [1.82, 2.24) is 15.2 Å². The van der Waals surface area contributed by atoms with E-state index in [-0.39, 0.29) is 6.03 Å². The second-order valence-electron chi connectivity index (χ2n) is 5.28. The molecule has 2 aromatic rings. The first kappa shape index (κ1) is 15.3. The van der Waals surface area contributed by atoms with Crippen molar-refractivity contribution in [3.63, 3.8) is 0 Å². The van der Waals surface area contributed by atoms with Crippen molar-refractivity contribution in [3.05, 3.63) is 34.7 Å². The highest BCUT2D eigenvalue weighted by Gasteiger charge is 2.09. The van der Waals surface area contributed by atoms with E-state index in [1.54, 1.807) is 12.3 Å². The van der Waals surface area contributed by atoms with Crippen LogP contribution in [-0.4, -0.2) is 21.2 Å². The number of hydrogen-bond acceptors (Lipinski definition) is 3. The fraction of sp³-hybridized carbons (Fsp3) is 0.357. The molecule has 6 nitrogen and oxygen atoms in total. The van der Waals surface area contributed by atoms with Crippen LogP contribution >= 0.6 is 11.6 Å². The van der Waals surface area contributed by atoms with Crippen molar-refractivity contribution in [3.8, 4) is 0 Å². The van der Waals surface area contributed by atoms with Gasteiger partial charge in [-0.15, -0.1) is 0 Å². The van der Waals surface area contributed by atoms with Gasteiger partial charge in [0.2, 0.25) is 0 Å². The highest BCUT2D eigenvalue weighted by Crippen LogP contribution is 2.18. The Bertz CT molecular complexity index is 638. The number of amides is 2. The summed E-state index contributed by atoms with van der Waals surface area (Å²) in [6.07, 6.45) is 2.49. The molecule has 0 radical (unpaired) electrons. The van der Waals surface area contributed by atoms with Gasteiger partial charge in [-0.1, -0.05) is 25.4 Å². The Morgan fingerprint density at radius 3 is 2.86 bits per heavy atom. The topological polar surface area (TPSA) is 82.7 Å². The molecule has 3 N–H and O–H groups in total. The molecule has 0 saturated heterocycles. The summed E-state index contributed by atoms with van der Waals surface area (Å²) in [7, 11) is 0. The summed E-state index contributed by atoms with van der Waals surface area (Å²) in [5, 5.41) is 12.7. The molecule has 0 saturated carbocycles. The van der Waals surface area contributed by atoms with Crippen LogP contribution in [0.1, 0.15) is 25.1 Å². The van der Waals surface area contributed by atoms with E-state index in [9.17, 15) is 4.79 Å². The number of pyridine rings is 1. The molecule has 21 heavy (non-hydrogen) atoms. The number of aryl methyl sites for hydroxylation is 1. The van der Waals surface area contributed by atoms with E-state index < -0.39 is 0 Å². The number of rotatable bonds is 4. The van der Waals surface area contributed by atoms with Crippen LogP contribution in [0, 0.1) is 12.8 Å². The Labute approximate surface area is 128 Å². The van der Waals surface area contributed by atoms with Crippen LogP contribution < -0.4 is 10.6 Å². The lowest BCUT2D eigenvalue weighted by Gasteiger charge is -2.08. The average Bonchev–Trinajstić information content (AvgIpc) is 2.80. The van der Waals surface area contributed by atoms with Gasteiger partial charge in [0.15, 0.2) is 5.82 Å². The first-order valence-corrected chi connectivity index (χ1v) is 7.06. The van der Waals surface area contributed by atoms with Gasteiger partial charge in [-0.05, 0) is 30.9 Å². The second kappa shape index (κ2) is 6.58. The minimum absolute atomic E-state index is 0.329. The predicted octanol–water partition coefficient (Wildman–Crippen LogP) is 3.61. The van der Waals surface area contributed by atoms with Gasteiger partial charge in [-0.2, -0.15) is 5.10 Å². The Morgan fingerprint density at radius 2 is 2.14 bits per heavy atom. The van der Waals surface area contributed by atoms with E-state index in [2.05, 4.69) is 39.7 Å². The number of aromatic nitrogens is 3. The third-order valence-electron chi connectivity index (χ3n) is 2.82. The summed E-state index contributed by atoms with van der Waals surface area (Å²) in [6.45, 7) is 6.08. The number of urea groups is 1. The zero-order chi connectivity index (χ0) is 15.4. The number of nitrogens with zero attached hydrogens (tertiary/aromatic N) is 2. The van der Waals surface area contributed by atoms with Gasteiger partial charge in [-0.25, -0.2) is 9.78 Å². The number of hydrogen-bond donors (Lipinski definition) is 3. The first-order chi connectivity index (χ1) is 9.94. The average molecular weight is 308 g/mol. The summed E-state index contributed by atoms with van der Waals surface area (Å²) < 4.78 is 0. The molecule has 2 heterocycles. The van der Waals surface area contributed by atoms with Gasteiger partial charge in [-0.3, -0.25) is 10.4 Å². The van der Waals surface area contributed by atoms with Crippen molar-refractivity contribution in [2.75, 3.05) is 10.6 Å². The summed E-state index contributed by atoms with van der Waals surface area (Å²) in [5.74, 6) is 1.01. The lowest BCUT2D eigenvalue weighted by atomic mass is 10.1. The van der Waals surface area contributed by atoms with E-state index >= 15 is 0 Å². The first-order valence-electron chi connectivity index (χ1n) is 6.68. The van der Waals surface area contributed by atoms with Crippen molar-refractivity contribution in [2.45, 2.75) is 27.2 Å². The molecular formula is C14H18ClN5O.